The molecule has 0 radical (unpaired) electrons. The van der Waals surface area contributed by atoms with Crippen LogP contribution in [0.1, 0.15) is 28.0 Å². The minimum absolute atomic E-state index is 0.288. The van der Waals surface area contributed by atoms with Gasteiger partial charge in [-0.1, -0.05) is 18.2 Å². The highest BCUT2D eigenvalue weighted by atomic mass is 19.4. The summed E-state index contributed by atoms with van der Waals surface area (Å²) in [6, 6.07) is 6.58. The Labute approximate surface area is 144 Å². The van der Waals surface area contributed by atoms with Crippen molar-refractivity contribution in [3.05, 3.63) is 47.3 Å². The number of rotatable bonds is 6. The fraction of sp³-hybridized carbons (Fsp3) is 0.412. The third-order valence-corrected chi connectivity index (χ3v) is 3.80. The summed E-state index contributed by atoms with van der Waals surface area (Å²) < 4.78 is 46.6. The first-order chi connectivity index (χ1) is 11.8. The molecular formula is C17H20F3N3O2. The van der Waals surface area contributed by atoms with E-state index >= 15 is 0 Å². The van der Waals surface area contributed by atoms with Gasteiger partial charge < -0.3 is 9.64 Å². The van der Waals surface area contributed by atoms with Crippen LogP contribution in [0.2, 0.25) is 0 Å². The summed E-state index contributed by atoms with van der Waals surface area (Å²) in [6.07, 6.45) is -3.20. The van der Waals surface area contributed by atoms with Gasteiger partial charge in [0.1, 0.15) is 0 Å². The Morgan fingerprint density at radius 2 is 2.00 bits per heavy atom. The largest absolute Gasteiger partial charge is 0.434 e. The van der Waals surface area contributed by atoms with Crippen LogP contribution in [0, 0.1) is 6.92 Å². The second-order valence-electron chi connectivity index (χ2n) is 5.68. The number of aromatic nitrogens is 2. The summed E-state index contributed by atoms with van der Waals surface area (Å²) in [6.45, 7) is 2.40. The summed E-state index contributed by atoms with van der Waals surface area (Å²) in [5.41, 5.74) is -0.611. The maximum Gasteiger partial charge on any atom is 0.434 e. The van der Waals surface area contributed by atoms with E-state index in [1.54, 1.807) is 25.1 Å². The zero-order valence-corrected chi connectivity index (χ0v) is 14.3. The van der Waals surface area contributed by atoms with Gasteiger partial charge in [-0.25, -0.2) is 4.68 Å². The highest BCUT2D eigenvalue weighted by Crippen LogP contribution is 2.34. The number of carbonyl (C=O) groups excluding carboxylic acids is 1. The molecule has 0 aliphatic carbocycles. The number of alkyl halides is 3. The van der Waals surface area contributed by atoms with Crippen LogP contribution >= 0.6 is 0 Å². The average Bonchev–Trinajstić information content (AvgIpc) is 2.99. The lowest BCUT2D eigenvalue weighted by Gasteiger charge is -2.18. The first kappa shape index (κ1) is 19.0. The van der Waals surface area contributed by atoms with Crippen molar-refractivity contribution in [1.82, 2.24) is 14.7 Å². The van der Waals surface area contributed by atoms with Crippen molar-refractivity contribution < 1.29 is 22.7 Å². The molecule has 8 heteroatoms. The number of halogens is 3. The highest BCUT2D eigenvalue weighted by molar-refractivity contribution is 5.95. The first-order valence-electron chi connectivity index (χ1n) is 7.73. The number of hydrogen-bond acceptors (Lipinski definition) is 3. The summed E-state index contributed by atoms with van der Waals surface area (Å²) in [4.78, 5) is 13.7. The maximum atomic E-state index is 13.6. The fourth-order valence-electron chi connectivity index (χ4n) is 2.51. The number of aryl methyl sites for hydroxylation is 1. The second-order valence-corrected chi connectivity index (χ2v) is 5.68. The molecule has 0 N–H and O–H groups in total. The molecule has 25 heavy (non-hydrogen) atoms. The Bertz CT molecular complexity index is 741. The molecule has 1 aromatic carbocycles. The molecule has 136 valence electrons. The molecule has 0 aliphatic heterocycles. The van der Waals surface area contributed by atoms with E-state index in [4.69, 9.17) is 4.74 Å². The number of methoxy groups -OCH3 is 1. The Morgan fingerprint density at radius 1 is 1.32 bits per heavy atom. The molecule has 1 amide bonds. The number of amides is 1. The van der Waals surface area contributed by atoms with Crippen molar-refractivity contribution in [2.45, 2.75) is 19.5 Å². The molecule has 1 heterocycles. The van der Waals surface area contributed by atoms with Crippen LogP contribution in [0.3, 0.4) is 0 Å². The normalized spacial score (nSPS) is 11.6. The average molecular weight is 355 g/mol. The van der Waals surface area contributed by atoms with Crippen LogP contribution in [0.5, 0.6) is 0 Å². The molecule has 5 nitrogen and oxygen atoms in total. The lowest BCUT2D eigenvalue weighted by Crippen LogP contribution is -2.30. The maximum absolute atomic E-state index is 13.6. The molecule has 0 saturated carbocycles. The highest BCUT2D eigenvalue weighted by Gasteiger charge is 2.41. The number of benzene rings is 1. The molecule has 0 bridgehead atoms. The predicted octanol–water partition coefficient (Wildman–Crippen LogP) is 3.31. The Morgan fingerprint density at radius 3 is 2.60 bits per heavy atom. The van der Waals surface area contributed by atoms with Gasteiger partial charge in [0.05, 0.1) is 17.4 Å². The quantitative estimate of drug-likeness (QED) is 0.747. The van der Waals surface area contributed by atoms with E-state index in [0.717, 1.165) is 10.9 Å². The van der Waals surface area contributed by atoms with E-state index in [1.165, 1.54) is 25.1 Å². The van der Waals surface area contributed by atoms with Gasteiger partial charge in [0.25, 0.3) is 5.91 Å². The van der Waals surface area contributed by atoms with Gasteiger partial charge in [0, 0.05) is 27.3 Å². The monoisotopic (exact) mass is 355 g/mol. The Kier molecular flexibility index (Phi) is 5.84. The van der Waals surface area contributed by atoms with Crippen molar-refractivity contribution in [1.29, 1.82) is 0 Å². The Hall–Kier alpha value is -2.35. The number of hydrogen-bond donors (Lipinski definition) is 0. The van der Waals surface area contributed by atoms with Gasteiger partial charge in [0.2, 0.25) is 0 Å². The molecule has 0 unspecified atom stereocenters. The summed E-state index contributed by atoms with van der Waals surface area (Å²) in [5, 5.41) is 3.84. The lowest BCUT2D eigenvalue weighted by atomic mass is 10.1. The predicted molar refractivity (Wildman–Crippen MR) is 86.8 cm³/mol. The van der Waals surface area contributed by atoms with Gasteiger partial charge in [-0.2, -0.15) is 18.3 Å². The van der Waals surface area contributed by atoms with Crippen molar-refractivity contribution >= 4 is 5.91 Å². The van der Waals surface area contributed by atoms with Gasteiger partial charge in [-0.05, 0) is 25.0 Å². The fourth-order valence-corrected chi connectivity index (χ4v) is 2.51. The summed E-state index contributed by atoms with van der Waals surface area (Å²) >= 11 is 0. The molecule has 0 spiro atoms. The van der Waals surface area contributed by atoms with Crippen molar-refractivity contribution in [2.75, 3.05) is 27.3 Å². The van der Waals surface area contributed by atoms with Crippen molar-refractivity contribution in [3.8, 4) is 5.69 Å². The number of nitrogens with zero attached hydrogens (tertiary/aromatic N) is 3. The van der Waals surface area contributed by atoms with E-state index in [0.29, 0.717) is 25.1 Å². The standard InChI is InChI=1S/C17H20F3N3O2/c1-12-7-4-5-8-14(12)23-15(17(18,19)20)13(11-21-23)16(24)22(2)9-6-10-25-3/h4-5,7-8,11H,6,9-10H2,1-3H3. The van der Waals surface area contributed by atoms with Gasteiger partial charge in [-0.3, -0.25) is 4.79 Å². The number of ether oxygens (including phenoxy) is 1. The third-order valence-electron chi connectivity index (χ3n) is 3.80. The molecule has 0 atom stereocenters. The van der Waals surface area contributed by atoms with E-state index in [9.17, 15) is 18.0 Å². The lowest BCUT2D eigenvalue weighted by molar-refractivity contribution is -0.143. The van der Waals surface area contributed by atoms with Gasteiger partial charge >= 0.3 is 6.18 Å². The molecule has 2 aromatic rings. The van der Waals surface area contributed by atoms with E-state index in [-0.39, 0.29) is 5.69 Å². The smallest absolute Gasteiger partial charge is 0.385 e. The number of carbonyl (C=O) groups is 1. The third kappa shape index (κ3) is 4.19. The van der Waals surface area contributed by atoms with Crippen molar-refractivity contribution in [3.63, 3.8) is 0 Å². The first-order valence-corrected chi connectivity index (χ1v) is 7.73. The van der Waals surface area contributed by atoms with Crippen molar-refractivity contribution in [2.24, 2.45) is 0 Å². The summed E-state index contributed by atoms with van der Waals surface area (Å²) in [5.74, 6) is -0.719. The van der Waals surface area contributed by atoms with E-state index in [2.05, 4.69) is 5.10 Å². The zero-order chi connectivity index (χ0) is 18.6. The number of para-hydroxylation sites is 1. The molecule has 1 aromatic heterocycles. The Balaban J connectivity index is 2.43. The van der Waals surface area contributed by atoms with E-state index < -0.39 is 23.3 Å². The van der Waals surface area contributed by atoms with Crippen LogP contribution in [0.15, 0.2) is 30.5 Å². The minimum atomic E-state index is -4.71. The molecular weight excluding hydrogens is 335 g/mol. The SMILES string of the molecule is COCCCN(C)C(=O)c1cnn(-c2ccccc2C)c1C(F)(F)F. The van der Waals surface area contributed by atoms with Crippen LogP contribution in [-0.4, -0.2) is 47.9 Å². The minimum Gasteiger partial charge on any atom is -0.385 e. The van der Waals surface area contributed by atoms with Crippen LogP contribution in [0.25, 0.3) is 5.69 Å². The van der Waals surface area contributed by atoms with Gasteiger partial charge in [-0.15, -0.1) is 0 Å². The van der Waals surface area contributed by atoms with Crippen LogP contribution < -0.4 is 0 Å². The zero-order valence-electron chi connectivity index (χ0n) is 14.3. The molecule has 0 saturated heterocycles. The topological polar surface area (TPSA) is 47.4 Å². The molecule has 2 rings (SSSR count). The second kappa shape index (κ2) is 7.69. The van der Waals surface area contributed by atoms with Crippen LogP contribution in [0.4, 0.5) is 13.2 Å². The van der Waals surface area contributed by atoms with E-state index in [1.807, 2.05) is 0 Å². The molecule has 0 fully saturated rings. The molecule has 0 aliphatic rings. The van der Waals surface area contributed by atoms with Gasteiger partial charge in [0.15, 0.2) is 5.69 Å². The summed E-state index contributed by atoms with van der Waals surface area (Å²) in [7, 11) is 2.99. The van der Waals surface area contributed by atoms with Crippen LogP contribution in [-0.2, 0) is 10.9 Å².